The number of aromatic nitrogens is 2. The van der Waals surface area contributed by atoms with Gasteiger partial charge in [0.25, 0.3) is 10.1 Å². The molecule has 0 aliphatic carbocycles. The molecule has 1 heterocycles. The molecule has 6 N–H and O–H groups in total. The highest BCUT2D eigenvalue weighted by molar-refractivity contribution is 7.85. The summed E-state index contributed by atoms with van der Waals surface area (Å²) in [6, 6.07) is 7.60. The van der Waals surface area contributed by atoms with Crippen LogP contribution in [0.1, 0.15) is 11.1 Å². The smallest absolute Gasteiger partial charge is 0.261 e. The minimum absolute atomic E-state index is 0.169. The largest absolute Gasteiger partial charge is 0.493 e. The zero-order valence-electron chi connectivity index (χ0n) is 18.5. The number of ether oxygens (including phenoxy) is 3. The Morgan fingerprint density at radius 2 is 1.59 bits per heavy atom. The van der Waals surface area contributed by atoms with Crippen LogP contribution in [-0.4, -0.2) is 50.5 Å². The molecule has 174 valence electrons. The van der Waals surface area contributed by atoms with Gasteiger partial charge in [-0.15, -0.1) is 0 Å². The molecule has 32 heavy (non-hydrogen) atoms. The van der Waals surface area contributed by atoms with Crippen molar-refractivity contribution in [3.63, 3.8) is 0 Å². The van der Waals surface area contributed by atoms with Crippen LogP contribution in [0.3, 0.4) is 0 Å². The maximum absolute atomic E-state index is 9.19. The van der Waals surface area contributed by atoms with Crippen molar-refractivity contribution in [1.29, 1.82) is 0 Å². The van der Waals surface area contributed by atoms with Crippen molar-refractivity contribution >= 4 is 38.5 Å². The van der Waals surface area contributed by atoms with E-state index in [4.69, 9.17) is 30.2 Å². The summed E-state index contributed by atoms with van der Waals surface area (Å²) >= 11 is 0. The fourth-order valence-corrected chi connectivity index (χ4v) is 3.06. The first-order valence-corrected chi connectivity index (χ1v) is 11.1. The quantitative estimate of drug-likeness (QED) is 0.393. The lowest BCUT2D eigenvalue weighted by molar-refractivity contribution is 0.324. The zero-order valence-corrected chi connectivity index (χ0v) is 19.3. The molecular weight excluding hydrogens is 438 g/mol. The number of methoxy groups -OCH3 is 3. The topological polar surface area (TPSA) is 172 Å². The minimum Gasteiger partial charge on any atom is -0.493 e. The lowest BCUT2D eigenvalue weighted by Gasteiger charge is -2.16. The van der Waals surface area contributed by atoms with E-state index in [0.717, 1.165) is 27.7 Å². The Hall–Kier alpha value is -3.51. The fourth-order valence-electron chi connectivity index (χ4n) is 3.06. The van der Waals surface area contributed by atoms with E-state index in [1.54, 1.807) is 21.3 Å². The number of nitrogens with one attached hydrogen (secondary N) is 1. The van der Waals surface area contributed by atoms with Gasteiger partial charge in [-0.25, -0.2) is 4.98 Å². The fraction of sp³-hybridized carbons (Fsp3) is 0.300. The molecule has 0 unspecified atom stereocenters. The minimum atomic E-state index is -3.67. The second kappa shape index (κ2) is 10.2. The van der Waals surface area contributed by atoms with E-state index in [1.807, 2.05) is 31.2 Å². The molecule has 11 nitrogen and oxygen atoms in total. The van der Waals surface area contributed by atoms with Gasteiger partial charge in [-0.2, -0.15) is 13.4 Å². The predicted octanol–water partition coefficient (Wildman–Crippen LogP) is 2.24. The molecule has 1 aromatic heterocycles. The molecule has 0 spiro atoms. The molecule has 0 radical (unpaired) electrons. The number of anilines is 3. The van der Waals surface area contributed by atoms with Gasteiger partial charge in [0.1, 0.15) is 5.82 Å². The first-order valence-electron chi connectivity index (χ1n) is 9.26. The van der Waals surface area contributed by atoms with Gasteiger partial charge in [0.15, 0.2) is 11.5 Å². The molecule has 2 aromatic carbocycles. The van der Waals surface area contributed by atoms with Gasteiger partial charge >= 0.3 is 0 Å². The van der Waals surface area contributed by atoms with Crippen LogP contribution in [0.4, 0.5) is 17.5 Å². The third-order valence-corrected chi connectivity index (χ3v) is 4.43. The van der Waals surface area contributed by atoms with E-state index in [0.29, 0.717) is 35.9 Å². The Morgan fingerprint density at radius 3 is 2.09 bits per heavy atom. The van der Waals surface area contributed by atoms with Crippen LogP contribution < -0.4 is 31.0 Å². The Bertz CT molecular complexity index is 1180. The number of rotatable bonds is 6. The predicted molar refractivity (Wildman–Crippen MR) is 124 cm³/mol. The Labute approximate surface area is 186 Å². The number of fused-ring (bicyclic) bond motifs is 1. The van der Waals surface area contributed by atoms with Crippen LogP contribution in [0.25, 0.3) is 10.9 Å². The number of nitrogens with two attached hydrogens (primary N) is 2. The molecule has 3 rings (SSSR count). The normalized spacial score (nSPS) is 10.8. The molecule has 0 fully saturated rings. The summed E-state index contributed by atoms with van der Waals surface area (Å²) in [6.45, 7) is 2.56. The first-order chi connectivity index (χ1) is 15.0. The van der Waals surface area contributed by atoms with Crippen molar-refractivity contribution in [3.05, 3.63) is 35.4 Å². The summed E-state index contributed by atoms with van der Waals surface area (Å²) in [5, 5.41) is 4.19. The summed E-state index contributed by atoms with van der Waals surface area (Å²) in [5.41, 5.74) is 15.4. The second-order valence-electron chi connectivity index (χ2n) is 6.71. The van der Waals surface area contributed by atoms with Crippen molar-refractivity contribution in [2.45, 2.75) is 13.5 Å². The number of hydrogen-bond acceptors (Lipinski definition) is 10. The standard InChI is InChI=1S/C19H23N5O3.CH4O3S/c1-10-11(5-6-13-16(10)18(20)24-19(21)23-13)9-22-12-7-14(25-2)17(27-4)15(8-12)26-3;1-5(2,3)4/h5-8,22H,9H2,1-4H3,(H4,20,21,23,24);1H3,(H,2,3,4). The summed E-state index contributed by atoms with van der Waals surface area (Å²) in [7, 11) is 1.08. The van der Waals surface area contributed by atoms with Gasteiger partial charge in [0, 0.05) is 29.8 Å². The highest BCUT2D eigenvalue weighted by Crippen LogP contribution is 2.40. The van der Waals surface area contributed by atoms with Gasteiger partial charge in [-0.05, 0) is 24.1 Å². The van der Waals surface area contributed by atoms with Crippen molar-refractivity contribution in [2.75, 3.05) is 44.4 Å². The van der Waals surface area contributed by atoms with E-state index in [2.05, 4.69) is 15.3 Å². The molecule has 0 atom stereocenters. The molecule has 0 aliphatic heterocycles. The number of aryl methyl sites for hydroxylation is 1. The maximum Gasteiger partial charge on any atom is 0.261 e. The van der Waals surface area contributed by atoms with Crippen molar-refractivity contribution < 1.29 is 27.2 Å². The second-order valence-corrected chi connectivity index (χ2v) is 8.18. The van der Waals surface area contributed by atoms with Gasteiger partial charge in [-0.3, -0.25) is 4.55 Å². The van der Waals surface area contributed by atoms with Crippen LogP contribution in [0, 0.1) is 6.92 Å². The van der Waals surface area contributed by atoms with E-state index in [-0.39, 0.29) is 5.95 Å². The first kappa shape index (κ1) is 24.8. The summed E-state index contributed by atoms with van der Waals surface area (Å²) in [4.78, 5) is 8.30. The zero-order chi connectivity index (χ0) is 24.1. The van der Waals surface area contributed by atoms with E-state index >= 15 is 0 Å². The monoisotopic (exact) mass is 465 g/mol. The number of nitrogen functional groups attached to an aromatic ring is 2. The molecule has 0 amide bonds. The third kappa shape index (κ3) is 6.25. The molecular formula is C20H27N5O6S. The molecule has 0 saturated carbocycles. The van der Waals surface area contributed by atoms with Crippen molar-refractivity contribution in [1.82, 2.24) is 9.97 Å². The molecule has 0 aliphatic rings. The SMILES string of the molecule is COc1cc(NCc2ccc3nc(N)nc(N)c3c2C)cc(OC)c1OC.CS(=O)(=O)O. The lowest BCUT2D eigenvalue weighted by atomic mass is 10.0. The lowest BCUT2D eigenvalue weighted by Crippen LogP contribution is -2.06. The van der Waals surface area contributed by atoms with E-state index < -0.39 is 10.1 Å². The summed E-state index contributed by atoms with van der Waals surface area (Å²) < 4.78 is 42.0. The molecule has 3 aromatic rings. The van der Waals surface area contributed by atoms with E-state index in [1.165, 1.54) is 0 Å². The summed E-state index contributed by atoms with van der Waals surface area (Å²) in [5.74, 6) is 2.27. The molecule has 0 saturated heterocycles. The van der Waals surface area contributed by atoms with Gasteiger partial charge in [0.2, 0.25) is 11.7 Å². The molecule has 12 heteroatoms. The van der Waals surface area contributed by atoms with Crippen molar-refractivity contribution in [2.24, 2.45) is 0 Å². The van der Waals surface area contributed by atoms with Gasteiger partial charge in [0.05, 0.1) is 33.1 Å². The number of hydrogen-bond donors (Lipinski definition) is 4. The average Bonchev–Trinajstić information content (AvgIpc) is 2.70. The van der Waals surface area contributed by atoms with Crippen LogP contribution in [0.2, 0.25) is 0 Å². The van der Waals surface area contributed by atoms with Crippen LogP contribution in [0.5, 0.6) is 17.2 Å². The maximum atomic E-state index is 9.19. The van der Waals surface area contributed by atoms with E-state index in [9.17, 15) is 8.42 Å². The molecule has 0 bridgehead atoms. The van der Waals surface area contributed by atoms with Gasteiger partial charge in [-0.1, -0.05) is 6.07 Å². The Balaban J connectivity index is 0.000000654. The third-order valence-electron chi connectivity index (χ3n) is 4.43. The van der Waals surface area contributed by atoms with Crippen LogP contribution >= 0.6 is 0 Å². The summed E-state index contributed by atoms with van der Waals surface area (Å²) in [6.07, 6.45) is 0.715. The van der Waals surface area contributed by atoms with Gasteiger partial charge < -0.3 is 31.0 Å². The van der Waals surface area contributed by atoms with Crippen molar-refractivity contribution in [3.8, 4) is 17.2 Å². The Morgan fingerprint density at radius 1 is 1.03 bits per heavy atom. The van der Waals surface area contributed by atoms with Crippen LogP contribution in [0.15, 0.2) is 24.3 Å². The highest BCUT2D eigenvalue weighted by Gasteiger charge is 2.14. The number of benzene rings is 2. The number of nitrogens with zero attached hydrogens (tertiary/aromatic N) is 2. The Kier molecular flexibility index (Phi) is 7.89. The average molecular weight is 466 g/mol. The highest BCUT2D eigenvalue weighted by atomic mass is 32.2. The van der Waals surface area contributed by atoms with Crippen LogP contribution in [-0.2, 0) is 16.7 Å².